The standard InChI is InChI=1S/C17H13F4N3/c18-16(19)10-6-4-9(8-11(10)17(20)21)5-7-14-23-13-3-1-2-12(22)15(13)24-14/h1-8,16-17H,22H2,(H,23,24)/b7-5+. The van der Waals surface area contributed by atoms with Crippen LogP contribution in [0.4, 0.5) is 23.2 Å². The van der Waals surface area contributed by atoms with Crippen LogP contribution in [0.3, 0.4) is 0 Å². The van der Waals surface area contributed by atoms with Gasteiger partial charge >= 0.3 is 0 Å². The number of imidazole rings is 1. The number of rotatable bonds is 4. The second kappa shape index (κ2) is 6.35. The molecule has 2 aromatic carbocycles. The van der Waals surface area contributed by atoms with Gasteiger partial charge in [-0.1, -0.05) is 24.3 Å². The third kappa shape index (κ3) is 3.10. The van der Waals surface area contributed by atoms with Gasteiger partial charge < -0.3 is 10.7 Å². The average molecular weight is 335 g/mol. The Morgan fingerprint density at radius 1 is 0.958 bits per heavy atom. The highest BCUT2D eigenvalue weighted by Crippen LogP contribution is 2.31. The molecule has 0 aliphatic rings. The molecule has 0 fully saturated rings. The highest BCUT2D eigenvalue weighted by molar-refractivity contribution is 5.88. The number of nitrogen functional groups attached to an aromatic ring is 1. The summed E-state index contributed by atoms with van der Waals surface area (Å²) in [5.74, 6) is 0.486. The van der Waals surface area contributed by atoms with E-state index < -0.39 is 24.0 Å². The van der Waals surface area contributed by atoms with Crippen LogP contribution in [0.25, 0.3) is 23.2 Å². The number of H-pyrrole nitrogens is 1. The second-order valence-corrected chi connectivity index (χ2v) is 5.19. The first kappa shape index (κ1) is 16.0. The predicted octanol–water partition coefficient (Wildman–Crippen LogP) is 5.19. The minimum absolute atomic E-state index is 0.378. The van der Waals surface area contributed by atoms with E-state index in [0.717, 1.165) is 17.6 Å². The lowest BCUT2D eigenvalue weighted by Crippen LogP contribution is -1.95. The molecule has 0 aliphatic carbocycles. The fourth-order valence-corrected chi connectivity index (χ4v) is 2.41. The monoisotopic (exact) mass is 335 g/mol. The molecule has 0 atom stereocenters. The van der Waals surface area contributed by atoms with Gasteiger partial charge in [0, 0.05) is 11.1 Å². The predicted molar refractivity (Wildman–Crippen MR) is 85.8 cm³/mol. The number of hydrogen-bond acceptors (Lipinski definition) is 2. The van der Waals surface area contributed by atoms with E-state index >= 15 is 0 Å². The first-order chi connectivity index (χ1) is 11.5. The van der Waals surface area contributed by atoms with Gasteiger partial charge in [0.1, 0.15) is 11.3 Å². The Morgan fingerprint density at radius 2 is 1.71 bits per heavy atom. The molecule has 0 unspecified atom stereocenters. The van der Waals surface area contributed by atoms with Gasteiger partial charge in [0.15, 0.2) is 0 Å². The Labute approximate surface area is 134 Å². The maximum Gasteiger partial charge on any atom is 0.264 e. The number of para-hydroxylation sites is 1. The van der Waals surface area contributed by atoms with Crippen molar-refractivity contribution in [3.63, 3.8) is 0 Å². The van der Waals surface area contributed by atoms with E-state index in [1.165, 1.54) is 12.1 Å². The van der Waals surface area contributed by atoms with Gasteiger partial charge in [-0.25, -0.2) is 22.5 Å². The van der Waals surface area contributed by atoms with Gasteiger partial charge in [0.25, 0.3) is 12.9 Å². The van der Waals surface area contributed by atoms with E-state index in [4.69, 9.17) is 5.73 Å². The normalized spacial score (nSPS) is 12.1. The molecule has 0 spiro atoms. The Balaban J connectivity index is 1.93. The van der Waals surface area contributed by atoms with Crippen molar-refractivity contribution in [2.75, 3.05) is 5.73 Å². The lowest BCUT2D eigenvalue weighted by Gasteiger charge is -2.08. The van der Waals surface area contributed by atoms with Crippen molar-refractivity contribution in [1.82, 2.24) is 9.97 Å². The number of benzene rings is 2. The van der Waals surface area contributed by atoms with E-state index in [1.807, 2.05) is 6.07 Å². The molecule has 0 aliphatic heterocycles. The topological polar surface area (TPSA) is 54.7 Å². The van der Waals surface area contributed by atoms with E-state index in [9.17, 15) is 17.6 Å². The van der Waals surface area contributed by atoms with Crippen molar-refractivity contribution in [1.29, 1.82) is 0 Å². The number of aromatic amines is 1. The molecule has 1 heterocycles. The third-order valence-electron chi connectivity index (χ3n) is 3.58. The summed E-state index contributed by atoms with van der Waals surface area (Å²) in [6.07, 6.45) is -2.81. The molecule has 7 heteroatoms. The van der Waals surface area contributed by atoms with Gasteiger partial charge in [-0.3, -0.25) is 0 Å². The molecule has 0 amide bonds. The number of alkyl halides is 4. The number of aromatic nitrogens is 2. The quantitative estimate of drug-likeness (QED) is 0.509. The Bertz CT molecular complexity index is 900. The number of halogens is 4. The second-order valence-electron chi connectivity index (χ2n) is 5.19. The van der Waals surface area contributed by atoms with Crippen LogP contribution in [-0.2, 0) is 0 Å². The van der Waals surface area contributed by atoms with Gasteiger partial charge in [-0.2, -0.15) is 0 Å². The van der Waals surface area contributed by atoms with Crippen molar-refractivity contribution in [2.24, 2.45) is 0 Å². The molecule has 3 N–H and O–H groups in total. The minimum atomic E-state index is -2.96. The van der Waals surface area contributed by atoms with Crippen LogP contribution in [0.2, 0.25) is 0 Å². The maximum absolute atomic E-state index is 12.9. The molecule has 1 aromatic heterocycles. The number of nitrogens with one attached hydrogen (secondary N) is 1. The lowest BCUT2D eigenvalue weighted by molar-refractivity contribution is 0.124. The molecule has 0 bridgehead atoms. The summed E-state index contributed by atoms with van der Waals surface area (Å²) in [6.45, 7) is 0. The van der Waals surface area contributed by atoms with Gasteiger partial charge in [-0.05, 0) is 29.8 Å². The van der Waals surface area contributed by atoms with E-state index in [0.29, 0.717) is 22.6 Å². The van der Waals surface area contributed by atoms with Crippen molar-refractivity contribution in [2.45, 2.75) is 12.9 Å². The van der Waals surface area contributed by atoms with Gasteiger partial charge in [0.2, 0.25) is 0 Å². The Kier molecular flexibility index (Phi) is 4.24. The highest BCUT2D eigenvalue weighted by Gasteiger charge is 2.19. The number of anilines is 1. The molecular weight excluding hydrogens is 322 g/mol. The largest absolute Gasteiger partial charge is 0.397 e. The van der Waals surface area contributed by atoms with Crippen LogP contribution < -0.4 is 5.73 Å². The fourth-order valence-electron chi connectivity index (χ4n) is 2.41. The van der Waals surface area contributed by atoms with Crippen molar-refractivity contribution in [3.05, 3.63) is 58.9 Å². The molecule has 24 heavy (non-hydrogen) atoms. The van der Waals surface area contributed by atoms with Gasteiger partial charge in [0.05, 0.1) is 11.2 Å². The summed E-state index contributed by atoms with van der Waals surface area (Å²) in [6, 6.07) is 8.74. The Morgan fingerprint density at radius 3 is 2.38 bits per heavy atom. The zero-order chi connectivity index (χ0) is 17.3. The fraction of sp³-hybridized carbons (Fsp3) is 0.118. The lowest BCUT2D eigenvalue weighted by atomic mass is 10.0. The van der Waals surface area contributed by atoms with Gasteiger partial charge in [-0.15, -0.1) is 0 Å². The Hall–Kier alpha value is -2.83. The SMILES string of the molecule is Nc1cccc2[nH]c(/C=C/c3ccc(C(F)F)c(C(F)F)c3)nc12. The summed E-state index contributed by atoms with van der Waals surface area (Å²) < 4.78 is 51.3. The third-order valence-corrected chi connectivity index (χ3v) is 3.58. The summed E-state index contributed by atoms with van der Waals surface area (Å²) in [5.41, 5.74) is 6.75. The molecule has 3 nitrogen and oxygen atoms in total. The first-order valence-electron chi connectivity index (χ1n) is 7.08. The van der Waals surface area contributed by atoms with Crippen molar-refractivity contribution in [3.8, 4) is 0 Å². The van der Waals surface area contributed by atoms with Crippen LogP contribution in [0.5, 0.6) is 0 Å². The summed E-state index contributed by atoms with van der Waals surface area (Å²) >= 11 is 0. The van der Waals surface area contributed by atoms with Crippen molar-refractivity contribution >= 4 is 28.9 Å². The van der Waals surface area contributed by atoms with E-state index in [-0.39, 0.29) is 0 Å². The summed E-state index contributed by atoms with van der Waals surface area (Å²) in [4.78, 5) is 7.32. The molecule has 0 radical (unpaired) electrons. The summed E-state index contributed by atoms with van der Waals surface area (Å²) in [5, 5.41) is 0. The van der Waals surface area contributed by atoms with E-state index in [2.05, 4.69) is 9.97 Å². The number of nitrogens with zero attached hydrogens (tertiary/aromatic N) is 1. The zero-order valence-corrected chi connectivity index (χ0v) is 12.3. The summed E-state index contributed by atoms with van der Waals surface area (Å²) in [7, 11) is 0. The maximum atomic E-state index is 12.9. The minimum Gasteiger partial charge on any atom is -0.397 e. The van der Waals surface area contributed by atoms with Crippen LogP contribution >= 0.6 is 0 Å². The van der Waals surface area contributed by atoms with Crippen LogP contribution in [-0.4, -0.2) is 9.97 Å². The molecule has 124 valence electrons. The molecule has 0 saturated carbocycles. The number of fused-ring (bicyclic) bond motifs is 1. The highest BCUT2D eigenvalue weighted by atomic mass is 19.3. The van der Waals surface area contributed by atoms with Crippen LogP contribution in [0, 0.1) is 0 Å². The molecule has 3 rings (SSSR count). The molecule has 3 aromatic rings. The zero-order valence-electron chi connectivity index (χ0n) is 12.3. The van der Waals surface area contributed by atoms with Crippen molar-refractivity contribution < 1.29 is 17.6 Å². The number of nitrogens with two attached hydrogens (primary N) is 1. The van der Waals surface area contributed by atoms with Crippen LogP contribution in [0.15, 0.2) is 36.4 Å². The first-order valence-corrected chi connectivity index (χ1v) is 7.08. The molecule has 0 saturated heterocycles. The van der Waals surface area contributed by atoms with Crippen LogP contribution in [0.1, 0.15) is 35.4 Å². The number of hydrogen-bond donors (Lipinski definition) is 2. The average Bonchev–Trinajstić information content (AvgIpc) is 2.97. The smallest absolute Gasteiger partial charge is 0.264 e. The molecular formula is C17H13F4N3. The van der Waals surface area contributed by atoms with E-state index in [1.54, 1.807) is 18.2 Å².